The summed E-state index contributed by atoms with van der Waals surface area (Å²) >= 11 is 5.84. The maximum Gasteiger partial charge on any atom is 0.228 e. The lowest BCUT2D eigenvalue weighted by Crippen LogP contribution is -2.13. The Kier molecular flexibility index (Phi) is 3.49. The van der Waals surface area contributed by atoms with E-state index in [9.17, 15) is 4.79 Å². The Morgan fingerprint density at radius 1 is 1.41 bits per heavy atom. The number of nitrogens with one attached hydrogen (secondary N) is 2. The highest BCUT2D eigenvalue weighted by atomic mass is 35.5. The number of carbonyl (C=O) groups excluding carboxylic acids is 1. The van der Waals surface area contributed by atoms with Gasteiger partial charge in [-0.05, 0) is 36.8 Å². The van der Waals surface area contributed by atoms with Crippen molar-refractivity contribution in [3.8, 4) is 0 Å². The molecule has 0 bridgehead atoms. The lowest BCUT2D eigenvalue weighted by molar-refractivity contribution is -0.115. The van der Waals surface area contributed by atoms with Crippen molar-refractivity contribution < 1.29 is 4.79 Å². The molecule has 0 saturated heterocycles. The van der Waals surface area contributed by atoms with Gasteiger partial charge in [0.15, 0.2) is 0 Å². The van der Waals surface area contributed by atoms with Crippen LogP contribution >= 0.6 is 11.6 Å². The van der Waals surface area contributed by atoms with Crippen LogP contribution in [0.4, 0.5) is 5.69 Å². The van der Waals surface area contributed by atoms with E-state index < -0.39 is 0 Å². The van der Waals surface area contributed by atoms with Crippen LogP contribution in [0.15, 0.2) is 36.5 Å². The molecule has 0 aliphatic rings. The van der Waals surface area contributed by atoms with Crippen molar-refractivity contribution in [3.05, 3.63) is 52.8 Å². The number of hydrogen-bond acceptors (Lipinski definition) is 1. The molecule has 1 aromatic carbocycles. The first kappa shape index (κ1) is 11.7. The first-order valence-electron chi connectivity index (χ1n) is 5.33. The molecule has 0 fully saturated rings. The van der Waals surface area contributed by atoms with Crippen molar-refractivity contribution in [2.45, 2.75) is 13.3 Å². The Morgan fingerprint density at radius 3 is 2.88 bits per heavy atom. The van der Waals surface area contributed by atoms with Gasteiger partial charge in [-0.1, -0.05) is 17.7 Å². The second-order valence-corrected chi connectivity index (χ2v) is 4.36. The molecule has 0 unspecified atom stereocenters. The lowest BCUT2D eigenvalue weighted by Gasteiger charge is -2.04. The molecule has 2 rings (SSSR count). The van der Waals surface area contributed by atoms with Crippen molar-refractivity contribution in [2.75, 3.05) is 5.32 Å². The molecule has 2 N–H and O–H groups in total. The molecule has 2 aromatic rings. The fourth-order valence-electron chi connectivity index (χ4n) is 1.63. The van der Waals surface area contributed by atoms with Crippen LogP contribution in [0.2, 0.25) is 5.02 Å². The number of anilines is 1. The molecule has 4 heteroatoms. The van der Waals surface area contributed by atoms with Crippen molar-refractivity contribution >= 4 is 23.2 Å². The summed E-state index contributed by atoms with van der Waals surface area (Å²) < 4.78 is 0. The fraction of sp³-hybridized carbons (Fsp3) is 0.154. The highest BCUT2D eigenvalue weighted by Crippen LogP contribution is 2.15. The Morgan fingerprint density at radius 2 is 2.24 bits per heavy atom. The number of H-pyrrole nitrogens is 1. The van der Waals surface area contributed by atoms with E-state index in [1.807, 2.05) is 25.3 Å². The Bertz CT molecular complexity index is 534. The van der Waals surface area contributed by atoms with Crippen molar-refractivity contribution in [1.29, 1.82) is 0 Å². The molecular weight excluding hydrogens is 236 g/mol. The summed E-state index contributed by atoms with van der Waals surface area (Å²) in [5.41, 5.74) is 2.74. The van der Waals surface area contributed by atoms with Gasteiger partial charge in [0.2, 0.25) is 5.91 Å². The predicted octanol–water partition coefficient (Wildman–Crippen LogP) is 3.16. The van der Waals surface area contributed by atoms with Crippen LogP contribution in [0.25, 0.3) is 0 Å². The monoisotopic (exact) mass is 248 g/mol. The summed E-state index contributed by atoms with van der Waals surface area (Å²) in [4.78, 5) is 14.8. The number of aromatic nitrogens is 1. The van der Waals surface area contributed by atoms with Gasteiger partial charge in [-0.25, -0.2) is 0 Å². The van der Waals surface area contributed by atoms with E-state index in [0.717, 1.165) is 16.9 Å². The standard InChI is InChI=1S/C13H13ClN2O/c1-9-5-10(8-15-9)6-13(17)16-12-4-2-3-11(14)7-12/h2-5,7-8,15H,6H2,1H3,(H,16,17). The zero-order valence-corrected chi connectivity index (χ0v) is 10.2. The van der Waals surface area contributed by atoms with Gasteiger partial charge in [-0.15, -0.1) is 0 Å². The van der Waals surface area contributed by atoms with Crippen molar-refractivity contribution in [2.24, 2.45) is 0 Å². The smallest absolute Gasteiger partial charge is 0.228 e. The third-order valence-electron chi connectivity index (χ3n) is 2.36. The van der Waals surface area contributed by atoms with Gasteiger partial charge >= 0.3 is 0 Å². The summed E-state index contributed by atoms with van der Waals surface area (Å²) in [6.45, 7) is 1.96. The number of amides is 1. The second kappa shape index (κ2) is 5.06. The largest absolute Gasteiger partial charge is 0.365 e. The Balaban J connectivity index is 1.98. The SMILES string of the molecule is Cc1cc(CC(=O)Nc2cccc(Cl)c2)c[nH]1. The maximum absolute atomic E-state index is 11.7. The molecule has 1 aromatic heterocycles. The van der Waals surface area contributed by atoms with Crippen molar-refractivity contribution in [1.82, 2.24) is 4.98 Å². The van der Waals surface area contributed by atoms with E-state index in [-0.39, 0.29) is 5.91 Å². The summed E-state index contributed by atoms with van der Waals surface area (Å²) in [5.74, 6) is -0.0498. The van der Waals surface area contributed by atoms with Crippen LogP contribution in [-0.2, 0) is 11.2 Å². The fourth-order valence-corrected chi connectivity index (χ4v) is 1.82. The van der Waals surface area contributed by atoms with Crippen LogP contribution in [0, 0.1) is 6.92 Å². The van der Waals surface area contributed by atoms with Crippen LogP contribution in [0.1, 0.15) is 11.3 Å². The van der Waals surface area contributed by atoms with E-state index in [1.54, 1.807) is 18.2 Å². The first-order valence-corrected chi connectivity index (χ1v) is 5.70. The summed E-state index contributed by atoms with van der Waals surface area (Å²) in [6.07, 6.45) is 2.20. The summed E-state index contributed by atoms with van der Waals surface area (Å²) in [6, 6.07) is 9.07. The van der Waals surface area contributed by atoms with Crippen LogP contribution in [-0.4, -0.2) is 10.9 Å². The Hall–Kier alpha value is -1.74. The van der Waals surface area contributed by atoms with Gasteiger partial charge in [0.05, 0.1) is 6.42 Å². The lowest BCUT2D eigenvalue weighted by atomic mass is 10.2. The minimum absolute atomic E-state index is 0.0498. The van der Waals surface area contributed by atoms with Crippen molar-refractivity contribution in [3.63, 3.8) is 0 Å². The molecular formula is C13H13ClN2O. The molecule has 0 saturated carbocycles. The van der Waals surface area contributed by atoms with Gasteiger partial charge in [0.1, 0.15) is 0 Å². The van der Waals surface area contributed by atoms with Gasteiger partial charge in [-0.3, -0.25) is 4.79 Å². The number of halogens is 1. The number of benzene rings is 1. The van der Waals surface area contributed by atoms with Crippen LogP contribution in [0.5, 0.6) is 0 Å². The van der Waals surface area contributed by atoms with Crippen LogP contribution in [0.3, 0.4) is 0 Å². The average Bonchev–Trinajstić information content (AvgIpc) is 2.63. The van der Waals surface area contributed by atoms with E-state index in [4.69, 9.17) is 11.6 Å². The first-order chi connectivity index (χ1) is 8.13. The van der Waals surface area contributed by atoms with E-state index in [0.29, 0.717) is 11.4 Å². The molecule has 17 heavy (non-hydrogen) atoms. The normalized spacial score (nSPS) is 10.2. The third kappa shape index (κ3) is 3.36. The minimum atomic E-state index is -0.0498. The van der Waals surface area contributed by atoms with E-state index in [2.05, 4.69) is 10.3 Å². The quantitative estimate of drug-likeness (QED) is 0.861. The zero-order chi connectivity index (χ0) is 12.3. The maximum atomic E-state index is 11.7. The number of carbonyl (C=O) groups is 1. The molecule has 88 valence electrons. The molecule has 0 atom stereocenters. The summed E-state index contributed by atoms with van der Waals surface area (Å²) in [7, 11) is 0. The molecule has 3 nitrogen and oxygen atoms in total. The van der Waals surface area contributed by atoms with Crippen LogP contribution < -0.4 is 5.32 Å². The number of hydrogen-bond donors (Lipinski definition) is 2. The minimum Gasteiger partial charge on any atom is -0.365 e. The topological polar surface area (TPSA) is 44.9 Å². The third-order valence-corrected chi connectivity index (χ3v) is 2.60. The Labute approximate surface area is 105 Å². The average molecular weight is 249 g/mol. The molecule has 0 aliphatic carbocycles. The highest BCUT2D eigenvalue weighted by molar-refractivity contribution is 6.30. The molecule has 0 spiro atoms. The van der Waals surface area contributed by atoms with Gasteiger partial charge in [-0.2, -0.15) is 0 Å². The molecule has 1 heterocycles. The molecule has 1 amide bonds. The van der Waals surface area contributed by atoms with Gasteiger partial charge in [0.25, 0.3) is 0 Å². The number of aromatic amines is 1. The van der Waals surface area contributed by atoms with E-state index in [1.165, 1.54) is 0 Å². The summed E-state index contributed by atoms with van der Waals surface area (Å²) in [5, 5.41) is 3.41. The number of aryl methyl sites for hydroxylation is 1. The number of rotatable bonds is 3. The molecule has 0 radical (unpaired) electrons. The van der Waals surface area contributed by atoms with E-state index >= 15 is 0 Å². The zero-order valence-electron chi connectivity index (χ0n) is 9.46. The van der Waals surface area contributed by atoms with Gasteiger partial charge < -0.3 is 10.3 Å². The molecule has 0 aliphatic heterocycles. The second-order valence-electron chi connectivity index (χ2n) is 3.93. The van der Waals surface area contributed by atoms with Gasteiger partial charge in [0, 0.05) is 22.6 Å². The predicted molar refractivity (Wildman–Crippen MR) is 69.3 cm³/mol. The highest BCUT2D eigenvalue weighted by Gasteiger charge is 2.05.